The minimum Gasteiger partial charge on any atom is -0.491 e. The molecule has 172 valence electrons. The van der Waals surface area contributed by atoms with Crippen LogP contribution in [0.2, 0.25) is 0 Å². The molecule has 0 bridgehead atoms. The summed E-state index contributed by atoms with van der Waals surface area (Å²) in [6, 6.07) is 18.5. The monoisotopic (exact) mass is 680 g/mol. The Labute approximate surface area is 223 Å². The molecule has 3 aromatic carbocycles. The topological polar surface area (TPSA) is 91.0 Å². The van der Waals surface area contributed by atoms with Gasteiger partial charge in [0, 0.05) is 23.6 Å². The Balaban J connectivity index is 1.54. The molecule has 0 spiro atoms. The van der Waals surface area contributed by atoms with E-state index in [4.69, 9.17) is 9.47 Å². The maximum atomic E-state index is 12.4. The maximum absolute atomic E-state index is 12.4. The van der Waals surface area contributed by atoms with Crippen LogP contribution in [0.5, 0.6) is 5.75 Å². The first-order valence-corrected chi connectivity index (χ1v) is 12.4. The number of cyclic esters (lactones) is 1. The van der Waals surface area contributed by atoms with Gasteiger partial charge in [0.05, 0.1) is 18.7 Å². The van der Waals surface area contributed by atoms with E-state index in [1.807, 2.05) is 30.3 Å². The Morgan fingerprint density at radius 2 is 1.79 bits per heavy atom. The van der Waals surface area contributed by atoms with Crippen molar-refractivity contribution in [1.29, 1.82) is 0 Å². The van der Waals surface area contributed by atoms with E-state index < -0.39 is 10.9 Å². The first kappa shape index (κ1) is 24.3. The summed E-state index contributed by atoms with van der Waals surface area (Å²) in [6.07, 6.45) is 2.44. The van der Waals surface area contributed by atoms with Crippen molar-refractivity contribution in [3.05, 3.63) is 106 Å². The van der Waals surface area contributed by atoms with Gasteiger partial charge in [-0.1, -0.05) is 36.4 Å². The number of hydrogen-bond donors (Lipinski definition) is 0. The number of esters is 1. The Bertz CT molecular complexity index is 1310. The third kappa shape index (κ3) is 5.46. The first-order chi connectivity index (χ1) is 16.3. The second-order valence-corrected chi connectivity index (χ2v) is 9.76. The van der Waals surface area contributed by atoms with Crippen LogP contribution in [-0.2, 0) is 16.0 Å². The van der Waals surface area contributed by atoms with E-state index in [0.717, 1.165) is 24.9 Å². The SMILES string of the molecule is Cc1c(C2=N/C(=C\c3cc(I)c(OCCc4ccccc4)c(I)c3)C(=O)O2)cccc1[N+](=O)[O-]. The van der Waals surface area contributed by atoms with Crippen molar-refractivity contribution < 1.29 is 19.2 Å². The van der Waals surface area contributed by atoms with Gasteiger partial charge in [-0.3, -0.25) is 10.1 Å². The summed E-state index contributed by atoms with van der Waals surface area (Å²) in [6.45, 7) is 2.16. The summed E-state index contributed by atoms with van der Waals surface area (Å²) < 4.78 is 13.2. The fourth-order valence-electron chi connectivity index (χ4n) is 3.45. The summed E-state index contributed by atoms with van der Waals surface area (Å²) in [5.41, 5.74) is 2.86. The molecule has 0 fully saturated rings. The van der Waals surface area contributed by atoms with E-state index in [1.54, 1.807) is 25.1 Å². The molecule has 0 aliphatic carbocycles. The summed E-state index contributed by atoms with van der Waals surface area (Å²) >= 11 is 4.42. The number of ether oxygens (including phenoxy) is 2. The Morgan fingerprint density at radius 3 is 2.47 bits per heavy atom. The van der Waals surface area contributed by atoms with E-state index in [2.05, 4.69) is 62.3 Å². The number of carbonyl (C=O) groups is 1. The van der Waals surface area contributed by atoms with Gasteiger partial charge in [-0.25, -0.2) is 9.79 Å². The fraction of sp³-hybridized carbons (Fsp3) is 0.120. The minimum absolute atomic E-state index is 0.0550. The van der Waals surface area contributed by atoms with Gasteiger partial charge in [0.2, 0.25) is 5.90 Å². The smallest absolute Gasteiger partial charge is 0.363 e. The van der Waals surface area contributed by atoms with Crippen molar-refractivity contribution in [2.45, 2.75) is 13.3 Å². The van der Waals surface area contributed by atoms with Crippen molar-refractivity contribution in [2.75, 3.05) is 6.61 Å². The van der Waals surface area contributed by atoms with Crippen molar-refractivity contribution >= 4 is 68.8 Å². The highest BCUT2D eigenvalue weighted by Gasteiger charge is 2.27. The highest BCUT2D eigenvalue weighted by molar-refractivity contribution is 14.1. The standard InChI is InChI=1S/C25H18I2N2O5/c1-15-18(8-5-9-22(15)29(31)32)24-28-21(25(30)34-24)14-17-12-19(26)23(20(27)13-17)33-11-10-16-6-3-2-4-7-16/h2-9,12-14H,10-11H2,1H3/b21-14-. The highest BCUT2D eigenvalue weighted by Crippen LogP contribution is 2.31. The largest absolute Gasteiger partial charge is 0.491 e. The number of benzene rings is 3. The molecular formula is C25H18I2N2O5. The van der Waals surface area contributed by atoms with Crippen LogP contribution < -0.4 is 4.74 Å². The molecule has 0 atom stereocenters. The van der Waals surface area contributed by atoms with Gasteiger partial charge in [0.1, 0.15) is 5.75 Å². The lowest BCUT2D eigenvalue weighted by atomic mass is 10.1. The zero-order valence-electron chi connectivity index (χ0n) is 18.0. The maximum Gasteiger partial charge on any atom is 0.363 e. The van der Waals surface area contributed by atoms with Gasteiger partial charge < -0.3 is 9.47 Å². The zero-order valence-corrected chi connectivity index (χ0v) is 22.3. The number of hydrogen-bond acceptors (Lipinski definition) is 6. The molecule has 34 heavy (non-hydrogen) atoms. The average Bonchev–Trinajstić information content (AvgIpc) is 3.16. The molecular weight excluding hydrogens is 662 g/mol. The zero-order chi connectivity index (χ0) is 24.2. The molecule has 3 aromatic rings. The Kier molecular flexibility index (Phi) is 7.61. The van der Waals surface area contributed by atoms with Gasteiger partial charge in [0.15, 0.2) is 5.70 Å². The van der Waals surface area contributed by atoms with Crippen molar-refractivity contribution in [3.8, 4) is 5.75 Å². The van der Waals surface area contributed by atoms with Crippen molar-refractivity contribution in [1.82, 2.24) is 0 Å². The molecule has 0 saturated carbocycles. The number of halogens is 2. The predicted molar refractivity (Wildman–Crippen MR) is 146 cm³/mol. The summed E-state index contributed by atoms with van der Waals surface area (Å²) in [7, 11) is 0. The van der Waals surface area contributed by atoms with E-state index in [0.29, 0.717) is 17.7 Å². The molecule has 0 saturated heterocycles. The van der Waals surface area contributed by atoms with E-state index in [1.165, 1.54) is 11.6 Å². The van der Waals surface area contributed by atoms with Crippen LogP contribution >= 0.6 is 45.2 Å². The van der Waals surface area contributed by atoms with Crippen LogP contribution in [0.25, 0.3) is 6.08 Å². The van der Waals surface area contributed by atoms with Gasteiger partial charge >= 0.3 is 5.97 Å². The quantitative estimate of drug-likeness (QED) is 0.0993. The number of aliphatic imine (C=N–C) groups is 1. The molecule has 1 heterocycles. The second kappa shape index (κ2) is 10.6. The van der Waals surface area contributed by atoms with Crippen LogP contribution in [-0.4, -0.2) is 23.4 Å². The van der Waals surface area contributed by atoms with Crippen LogP contribution in [0.3, 0.4) is 0 Å². The van der Waals surface area contributed by atoms with E-state index in [-0.39, 0.29) is 17.3 Å². The fourth-order valence-corrected chi connectivity index (χ4v) is 5.58. The normalized spacial score (nSPS) is 14.1. The van der Waals surface area contributed by atoms with Crippen LogP contribution in [0.1, 0.15) is 22.3 Å². The van der Waals surface area contributed by atoms with Crippen LogP contribution in [0.15, 0.2) is 71.4 Å². The van der Waals surface area contributed by atoms with Crippen molar-refractivity contribution in [3.63, 3.8) is 0 Å². The van der Waals surface area contributed by atoms with Gasteiger partial charge in [-0.15, -0.1) is 0 Å². The minimum atomic E-state index is -0.603. The molecule has 1 aliphatic heterocycles. The average molecular weight is 680 g/mol. The Morgan fingerprint density at radius 1 is 1.09 bits per heavy atom. The third-order valence-corrected chi connectivity index (χ3v) is 6.76. The molecule has 0 radical (unpaired) electrons. The van der Waals surface area contributed by atoms with E-state index >= 15 is 0 Å². The molecule has 9 heteroatoms. The highest BCUT2D eigenvalue weighted by atomic mass is 127. The van der Waals surface area contributed by atoms with Gasteiger partial charge in [0.25, 0.3) is 5.69 Å². The first-order valence-electron chi connectivity index (χ1n) is 10.3. The lowest BCUT2D eigenvalue weighted by Crippen LogP contribution is -2.08. The summed E-state index contributed by atoms with van der Waals surface area (Å²) in [4.78, 5) is 27.5. The molecule has 0 unspecified atom stereocenters. The second-order valence-electron chi connectivity index (χ2n) is 7.44. The van der Waals surface area contributed by atoms with Gasteiger partial charge in [-0.2, -0.15) is 0 Å². The lowest BCUT2D eigenvalue weighted by molar-refractivity contribution is -0.385. The number of nitro benzene ring substituents is 1. The molecule has 0 aromatic heterocycles. The predicted octanol–water partition coefficient (Wildman–Crippen LogP) is 6.08. The van der Waals surface area contributed by atoms with Crippen molar-refractivity contribution in [2.24, 2.45) is 4.99 Å². The summed E-state index contributed by atoms with van der Waals surface area (Å²) in [5.74, 6) is 0.251. The van der Waals surface area contributed by atoms with Crippen LogP contribution in [0, 0.1) is 24.2 Å². The number of nitro groups is 1. The Hall–Kier alpha value is -2.80. The molecule has 4 rings (SSSR count). The van der Waals surface area contributed by atoms with Gasteiger partial charge in [-0.05, 0) is 87.5 Å². The summed E-state index contributed by atoms with van der Waals surface area (Å²) in [5, 5.41) is 11.2. The van der Waals surface area contributed by atoms with E-state index in [9.17, 15) is 14.9 Å². The lowest BCUT2D eigenvalue weighted by Gasteiger charge is -2.11. The molecule has 0 N–H and O–H groups in total. The molecule has 1 aliphatic rings. The van der Waals surface area contributed by atoms with Crippen LogP contribution in [0.4, 0.5) is 5.69 Å². The number of carbonyl (C=O) groups excluding carboxylic acids is 1. The molecule has 7 nitrogen and oxygen atoms in total. The molecule has 0 amide bonds. The number of rotatable bonds is 7. The number of nitrogens with zero attached hydrogens (tertiary/aromatic N) is 2. The third-order valence-electron chi connectivity index (χ3n) is 5.16.